The molecule has 2 N–H and O–H groups in total. The van der Waals surface area contributed by atoms with Crippen molar-refractivity contribution in [3.05, 3.63) is 35.4 Å². The predicted molar refractivity (Wildman–Crippen MR) is 66.5 cm³/mol. The van der Waals surface area contributed by atoms with Gasteiger partial charge in [0, 0.05) is 5.56 Å². The van der Waals surface area contributed by atoms with Gasteiger partial charge < -0.3 is 10.4 Å². The fourth-order valence-electron chi connectivity index (χ4n) is 2.57. The first-order valence-corrected chi connectivity index (χ1v) is 6.41. The summed E-state index contributed by atoms with van der Waals surface area (Å²) < 4.78 is 26.5. The van der Waals surface area contributed by atoms with Crippen molar-refractivity contribution in [2.24, 2.45) is 0 Å². The van der Waals surface area contributed by atoms with Crippen LogP contribution in [-0.4, -0.2) is 23.2 Å². The van der Waals surface area contributed by atoms with E-state index < -0.39 is 17.2 Å². The highest BCUT2D eigenvalue weighted by Crippen LogP contribution is 2.29. The molecule has 3 nitrogen and oxygen atoms in total. The van der Waals surface area contributed by atoms with Gasteiger partial charge in [-0.3, -0.25) is 4.79 Å². The molecule has 0 aromatic heterocycles. The summed E-state index contributed by atoms with van der Waals surface area (Å²) in [5, 5.41) is 12.1. The summed E-state index contributed by atoms with van der Waals surface area (Å²) in [6, 6.07) is 3.78. The number of hydrogen-bond acceptors (Lipinski definition) is 2. The Hall–Kier alpha value is -1.49. The first kappa shape index (κ1) is 13.9. The van der Waals surface area contributed by atoms with E-state index in [1.807, 2.05) is 0 Å². The highest BCUT2D eigenvalue weighted by atomic mass is 19.2. The van der Waals surface area contributed by atoms with E-state index in [1.54, 1.807) is 0 Å². The maximum absolute atomic E-state index is 13.4. The summed E-state index contributed by atoms with van der Waals surface area (Å²) in [7, 11) is 0. The molecule has 0 saturated heterocycles. The monoisotopic (exact) mass is 269 g/mol. The van der Waals surface area contributed by atoms with E-state index in [-0.39, 0.29) is 24.5 Å². The highest BCUT2D eigenvalue weighted by molar-refractivity contribution is 5.79. The largest absolute Gasteiger partial charge is 0.394 e. The number of aliphatic hydroxyl groups is 1. The molecule has 1 aromatic rings. The lowest BCUT2D eigenvalue weighted by molar-refractivity contribution is -0.123. The number of carbonyl (C=O) groups excluding carboxylic acids is 1. The third-order valence-corrected chi connectivity index (χ3v) is 3.65. The normalized spacial score (nSPS) is 17.4. The quantitative estimate of drug-likeness (QED) is 0.877. The van der Waals surface area contributed by atoms with Gasteiger partial charge in [0.1, 0.15) is 0 Å². The number of nitrogens with one attached hydrogen (secondary N) is 1. The number of benzene rings is 1. The molecule has 5 heteroatoms. The van der Waals surface area contributed by atoms with Crippen LogP contribution in [-0.2, 0) is 11.2 Å². The second-order valence-corrected chi connectivity index (χ2v) is 5.08. The van der Waals surface area contributed by atoms with Crippen LogP contribution < -0.4 is 5.32 Å². The second kappa shape index (κ2) is 5.65. The summed E-state index contributed by atoms with van der Waals surface area (Å²) >= 11 is 0. The van der Waals surface area contributed by atoms with Crippen LogP contribution in [0, 0.1) is 11.6 Å². The molecule has 0 aliphatic heterocycles. The zero-order valence-electron chi connectivity index (χ0n) is 10.6. The van der Waals surface area contributed by atoms with Gasteiger partial charge in [0.25, 0.3) is 0 Å². The number of amides is 1. The molecule has 0 spiro atoms. The lowest BCUT2D eigenvalue weighted by Crippen LogP contribution is -2.49. The van der Waals surface area contributed by atoms with Crippen LogP contribution in [0.2, 0.25) is 0 Å². The van der Waals surface area contributed by atoms with E-state index in [2.05, 4.69) is 5.32 Å². The Morgan fingerprint density at radius 3 is 2.63 bits per heavy atom. The Balaban J connectivity index is 2.03. The number of hydrogen-bond donors (Lipinski definition) is 2. The summed E-state index contributed by atoms with van der Waals surface area (Å²) in [5.74, 6) is -2.33. The zero-order valence-corrected chi connectivity index (χ0v) is 10.6. The molecular formula is C14H17F2NO2. The second-order valence-electron chi connectivity index (χ2n) is 5.08. The SMILES string of the molecule is O=C(Cc1cccc(F)c1F)NC1(CO)CCCC1. The van der Waals surface area contributed by atoms with Crippen LogP contribution in [0.4, 0.5) is 8.78 Å². The van der Waals surface area contributed by atoms with Crippen LogP contribution in [0.15, 0.2) is 18.2 Å². The molecule has 2 rings (SSSR count). The zero-order chi connectivity index (χ0) is 13.9. The van der Waals surface area contributed by atoms with Crippen LogP contribution >= 0.6 is 0 Å². The van der Waals surface area contributed by atoms with Crippen molar-refractivity contribution in [2.45, 2.75) is 37.6 Å². The van der Waals surface area contributed by atoms with Crippen LogP contribution in [0.3, 0.4) is 0 Å². The van der Waals surface area contributed by atoms with E-state index >= 15 is 0 Å². The number of aliphatic hydroxyl groups excluding tert-OH is 1. The van der Waals surface area contributed by atoms with Crippen LogP contribution in [0.1, 0.15) is 31.2 Å². The molecule has 1 aliphatic rings. The molecule has 0 radical (unpaired) electrons. The molecule has 0 bridgehead atoms. The third-order valence-electron chi connectivity index (χ3n) is 3.65. The van der Waals surface area contributed by atoms with E-state index in [9.17, 15) is 18.7 Å². The van der Waals surface area contributed by atoms with E-state index in [4.69, 9.17) is 0 Å². The highest BCUT2D eigenvalue weighted by Gasteiger charge is 2.34. The van der Waals surface area contributed by atoms with Gasteiger partial charge in [0.05, 0.1) is 18.6 Å². The number of rotatable bonds is 4. The van der Waals surface area contributed by atoms with Gasteiger partial charge >= 0.3 is 0 Å². The lowest BCUT2D eigenvalue weighted by atomic mass is 9.98. The Labute approximate surface area is 110 Å². The molecule has 104 valence electrons. The molecule has 19 heavy (non-hydrogen) atoms. The van der Waals surface area contributed by atoms with Gasteiger partial charge in [-0.25, -0.2) is 8.78 Å². The Kier molecular flexibility index (Phi) is 4.14. The van der Waals surface area contributed by atoms with E-state index in [0.29, 0.717) is 0 Å². The van der Waals surface area contributed by atoms with Crippen molar-refractivity contribution in [3.8, 4) is 0 Å². The fourth-order valence-corrected chi connectivity index (χ4v) is 2.57. The van der Waals surface area contributed by atoms with Crippen molar-refractivity contribution in [1.29, 1.82) is 0 Å². The third kappa shape index (κ3) is 3.10. The average Bonchev–Trinajstić information content (AvgIpc) is 2.84. The Morgan fingerprint density at radius 1 is 1.32 bits per heavy atom. The minimum Gasteiger partial charge on any atom is -0.394 e. The Bertz CT molecular complexity index is 471. The molecule has 0 atom stereocenters. The Morgan fingerprint density at radius 2 is 2.00 bits per heavy atom. The van der Waals surface area contributed by atoms with E-state index in [1.165, 1.54) is 12.1 Å². The standard InChI is InChI=1S/C14H17F2NO2/c15-11-5-3-4-10(13(11)16)8-12(19)17-14(9-18)6-1-2-7-14/h3-5,18H,1-2,6-9H2,(H,17,19). The summed E-state index contributed by atoms with van der Waals surface area (Å²) in [4.78, 5) is 11.9. The number of carbonyl (C=O) groups is 1. The van der Waals surface area contributed by atoms with Crippen molar-refractivity contribution in [2.75, 3.05) is 6.61 Å². The summed E-state index contributed by atoms with van der Waals surface area (Å²) in [5.41, 5.74) is -0.551. The van der Waals surface area contributed by atoms with Gasteiger partial charge in [-0.1, -0.05) is 25.0 Å². The predicted octanol–water partition coefficient (Wildman–Crippen LogP) is 1.93. The topological polar surface area (TPSA) is 49.3 Å². The van der Waals surface area contributed by atoms with Gasteiger partial charge in [0.2, 0.25) is 5.91 Å². The molecule has 0 unspecified atom stereocenters. The van der Waals surface area contributed by atoms with Crippen LogP contribution in [0.25, 0.3) is 0 Å². The minimum absolute atomic E-state index is 0.0311. The summed E-state index contributed by atoms with van der Waals surface area (Å²) in [6.45, 7) is -0.121. The molecule has 1 saturated carbocycles. The van der Waals surface area contributed by atoms with E-state index in [0.717, 1.165) is 31.7 Å². The molecule has 1 fully saturated rings. The van der Waals surface area contributed by atoms with Gasteiger partial charge in [-0.15, -0.1) is 0 Å². The molecule has 1 aromatic carbocycles. The van der Waals surface area contributed by atoms with Crippen molar-refractivity contribution in [1.82, 2.24) is 5.32 Å². The lowest BCUT2D eigenvalue weighted by Gasteiger charge is -2.28. The first-order valence-electron chi connectivity index (χ1n) is 6.41. The van der Waals surface area contributed by atoms with Gasteiger partial charge in [-0.2, -0.15) is 0 Å². The number of halogens is 2. The molecule has 0 heterocycles. The summed E-state index contributed by atoms with van der Waals surface area (Å²) in [6.07, 6.45) is 3.14. The van der Waals surface area contributed by atoms with Crippen molar-refractivity contribution < 1.29 is 18.7 Å². The smallest absolute Gasteiger partial charge is 0.225 e. The van der Waals surface area contributed by atoms with Crippen LogP contribution in [0.5, 0.6) is 0 Å². The van der Waals surface area contributed by atoms with Crippen molar-refractivity contribution >= 4 is 5.91 Å². The molecular weight excluding hydrogens is 252 g/mol. The first-order chi connectivity index (χ1) is 9.06. The minimum atomic E-state index is -0.984. The van der Waals surface area contributed by atoms with Gasteiger partial charge in [-0.05, 0) is 18.9 Å². The van der Waals surface area contributed by atoms with Gasteiger partial charge in [0.15, 0.2) is 11.6 Å². The fraction of sp³-hybridized carbons (Fsp3) is 0.500. The molecule has 1 amide bonds. The average molecular weight is 269 g/mol. The maximum atomic E-state index is 13.4. The van der Waals surface area contributed by atoms with Crippen molar-refractivity contribution in [3.63, 3.8) is 0 Å². The molecule has 1 aliphatic carbocycles. The maximum Gasteiger partial charge on any atom is 0.225 e.